The maximum atomic E-state index is 13.7. The summed E-state index contributed by atoms with van der Waals surface area (Å²) in [4.78, 5) is 2.07. The van der Waals surface area contributed by atoms with E-state index in [2.05, 4.69) is 4.90 Å². The van der Waals surface area contributed by atoms with Gasteiger partial charge >= 0.3 is 0 Å². The molecule has 3 heteroatoms. The lowest BCUT2D eigenvalue weighted by Crippen LogP contribution is -2.35. The van der Waals surface area contributed by atoms with Gasteiger partial charge in [0.15, 0.2) is 0 Å². The van der Waals surface area contributed by atoms with E-state index in [9.17, 15) is 4.39 Å². The molecule has 1 aliphatic heterocycles. The van der Waals surface area contributed by atoms with E-state index in [0.717, 1.165) is 37.2 Å². The van der Waals surface area contributed by atoms with Gasteiger partial charge in [-0.3, -0.25) is 0 Å². The van der Waals surface area contributed by atoms with E-state index in [4.69, 9.17) is 5.73 Å². The predicted octanol–water partition coefficient (Wildman–Crippen LogP) is 1.85. The van der Waals surface area contributed by atoms with Crippen molar-refractivity contribution < 1.29 is 4.39 Å². The molecule has 0 amide bonds. The van der Waals surface area contributed by atoms with Crippen LogP contribution in [0.1, 0.15) is 17.5 Å². The van der Waals surface area contributed by atoms with Gasteiger partial charge in [0.25, 0.3) is 0 Å². The van der Waals surface area contributed by atoms with Gasteiger partial charge < -0.3 is 10.6 Å². The summed E-state index contributed by atoms with van der Waals surface area (Å²) in [7, 11) is 0. The molecule has 0 spiro atoms. The average molecular weight is 208 g/mol. The van der Waals surface area contributed by atoms with Crippen LogP contribution >= 0.6 is 0 Å². The van der Waals surface area contributed by atoms with Crippen molar-refractivity contribution in [1.29, 1.82) is 0 Å². The predicted molar refractivity (Wildman–Crippen MR) is 60.7 cm³/mol. The number of halogens is 1. The fourth-order valence-corrected chi connectivity index (χ4v) is 2.30. The summed E-state index contributed by atoms with van der Waals surface area (Å²) >= 11 is 0. The van der Waals surface area contributed by atoms with Crippen LogP contribution in [0.5, 0.6) is 0 Å². The van der Waals surface area contributed by atoms with Crippen LogP contribution < -0.4 is 10.6 Å². The van der Waals surface area contributed by atoms with E-state index in [0.29, 0.717) is 6.54 Å². The number of aryl methyl sites for hydroxylation is 1. The Morgan fingerprint density at radius 2 is 2.27 bits per heavy atom. The second-order valence-electron chi connectivity index (χ2n) is 4.07. The topological polar surface area (TPSA) is 29.3 Å². The number of nitrogens with two attached hydrogens (primary N) is 1. The fraction of sp³-hybridized carbons (Fsp3) is 0.500. The van der Waals surface area contributed by atoms with Crippen LogP contribution in [0.4, 0.5) is 10.1 Å². The molecule has 1 aromatic carbocycles. The molecule has 0 radical (unpaired) electrons. The van der Waals surface area contributed by atoms with Gasteiger partial charge in [-0.15, -0.1) is 0 Å². The Hall–Kier alpha value is -1.09. The second kappa shape index (κ2) is 4.19. The van der Waals surface area contributed by atoms with E-state index in [1.807, 2.05) is 13.0 Å². The van der Waals surface area contributed by atoms with Crippen LogP contribution in [0.25, 0.3) is 0 Å². The highest BCUT2D eigenvalue weighted by atomic mass is 19.1. The lowest BCUT2D eigenvalue weighted by atomic mass is 9.96. The second-order valence-corrected chi connectivity index (χ2v) is 4.07. The smallest absolute Gasteiger partial charge is 0.146 e. The SMILES string of the molecule is Cc1ccc(F)c2c1CCCN2CCN. The van der Waals surface area contributed by atoms with Gasteiger partial charge in [0.1, 0.15) is 5.82 Å². The van der Waals surface area contributed by atoms with Crippen molar-refractivity contribution in [2.75, 3.05) is 24.5 Å². The fourth-order valence-electron chi connectivity index (χ4n) is 2.30. The molecule has 0 aromatic heterocycles. The molecule has 0 saturated heterocycles. The van der Waals surface area contributed by atoms with Crippen molar-refractivity contribution in [3.63, 3.8) is 0 Å². The van der Waals surface area contributed by atoms with Crippen molar-refractivity contribution in [3.05, 3.63) is 29.1 Å². The summed E-state index contributed by atoms with van der Waals surface area (Å²) < 4.78 is 13.7. The van der Waals surface area contributed by atoms with Crippen molar-refractivity contribution in [2.24, 2.45) is 5.73 Å². The molecule has 0 aliphatic carbocycles. The maximum absolute atomic E-state index is 13.7. The number of hydrogen-bond donors (Lipinski definition) is 1. The van der Waals surface area contributed by atoms with Gasteiger partial charge in [-0.05, 0) is 37.0 Å². The van der Waals surface area contributed by atoms with Gasteiger partial charge in [0.2, 0.25) is 0 Å². The van der Waals surface area contributed by atoms with Gasteiger partial charge in [-0.1, -0.05) is 6.07 Å². The molecule has 0 bridgehead atoms. The number of fused-ring (bicyclic) bond motifs is 1. The lowest BCUT2D eigenvalue weighted by Gasteiger charge is -2.32. The minimum atomic E-state index is -0.108. The highest BCUT2D eigenvalue weighted by Gasteiger charge is 2.21. The van der Waals surface area contributed by atoms with E-state index in [-0.39, 0.29) is 5.82 Å². The summed E-state index contributed by atoms with van der Waals surface area (Å²) in [5.41, 5.74) is 8.67. The first-order valence-electron chi connectivity index (χ1n) is 5.47. The standard InChI is InChI=1S/C12H17FN2/c1-9-4-5-11(13)12-10(9)3-2-7-15(12)8-6-14/h4-5H,2-3,6-8,14H2,1H3. The quantitative estimate of drug-likeness (QED) is 0.803. The van der Waals surface area contributed by atoms with Gasteiger partial charge in [-0.25, -0.2) is 4.39 Å². The highest BCUT2D eigenvalue weighted by Crippen LogP contribution is 2.31. The van der Waals surface area contributed by atoms with Crippen molar-refractivity contribution in [3.8, 4) is 0 Å². The zero-order valence-corrected chi connectivity index (χ0v) is 9.09. The van der Waals surface area contributed by atoms with Gasteiger partial charge in [-0.2, -0.15) is 0 Å². The zero-order chi connectivity index (χ0) is 10.8. The molecular weight excluding hydrogens is 191 g/mol. The molecule has 2 nitrogen and oxygen atoms in total. The number of rotatable bonds is 2. The van der Waals surface area contributed by atoms with Crippen LogP contribution in [-0.4, -0.2) is 19.6 Å². The molecule has 82 valence electrons. The van der Waals surface area contributed by atoms with Crippen molar-refractivity contribution >= 4 is 5.69 Å². The summed E-state index contributed by atoms with van der Waals surface area (Å²) in [6.45, 7) is 4.29. The van der Waals surface area contributed by atoms with Crippen LogP contribution in [0.15, 0.2) is 12.1 Å². The molecule has 0 fully saturated rings. The molecule has 0 atom stereocenters. The number of hydrogen-bond acceptors (Lipinski definition) is 2. The third kappa shape index (κ3) is 1.84. The first-order valence-corrected chi connectivity index (χ1v) is 5.47. The number of nitrogens with zero attached hydrogens (tertiary/aromatic N) is 1. The summed E-state index contributed by atoms with van der Waals surface area (Å²) in [5, 5.41) is 0. The molecule has 15 heavy (non-hydrogen) atoms. The first kappa shape index (κ1) is 10.4. The third-order valence-electron chi connectivity index (χ3n) is 3.04. The highest BCUT2D eigenvalue weighted by molar-refractivity contribution is 5.59. The van der Waals surface area contributed by atoms with Crippen LogP contribution in [-0.2, 0) is 6.42 Å². The van der Waals surface area contributed by atoms with E-state index >= 15 is 0 Å². The molecular formula is C12H17FN2. The molecule has 0 unspecified atom stereocenters. The number of anilines is 1. The van der Waals surface area contributed by atoms with Crippen molar-refractivity contribution in [2.45, 2.75) is 19.8 Å². The monoisotopic (exact) mass is 208 g/mol. The Morgan fingerprint density at radius 1 is 1.47 bits per heavy atom. The van der Waals surface area contributed by atoms with Crippen LogP contribution in [0.3, 0.4) is 0 Å². The molecule has 2 rings (SSSR count). The minimum absolute atomic E-state index is 0.108. The normalized spacial score (nSPS) is 15.3. The maximum Gasteiger partial charge on any atom is 0.146 e. The van der Waals surface area contributed by atoms with Crippen LogP contribution in [0, 0.1) is 12.7 Å². The zero-order valence-electron chi connectivity index (χ0n) is 9.09. The van der Waals surface area contributed by atoms with Crippen LogP contribution in [0.2, 0.25) is 0 Å². The Balaban J connectivity index is 2.45. The van der Waals surface area contributed by atoms with E-state index in [1.165, 1.54) is 5.56 Å². The van der Waals surface area contributed by atoms with Crippen molar-refractivity contribution in [1.82, 2.24) is 0 Å². The minimum Gasteiger partial charge on any atom is -0.368 e. The Kier molecular flexibility index (Phi) is 2.91. The summed E-state index contributed by atoms with van der Waals surface area (Å²) in [6, 6.07) is 3.42. The van der Waals surface area contributed by atoms with E-state index < -0.39 is 0 Å². The Labute approximate surface area is 89.9 Å². The molecule has 0 saturated carbocycles. The Morgan fingerprint density at radius 3 is 3.00 bits per heavy atom. The first-order chi connectivity index (χ1) is 7.24. The number of benzene rings is 1. The molecule has 1 aliphatic rings. The summed E-state index contributed by atoms with van der Waals surface area (Å²) in [5.74, 6) is -0.108. The van der Waals surface area contributed by atoms with E-state index in [1.54, 1.807) is 6.07 Å². The lowest BCUT2D eigenvalue weighted by molar-refractivity contribution is 0.595. The third-order valence-corrected chi connectivity index (χ3v) is 3.04. The average Bonchev–Trinajstić information content (AvgIpc) is 2.24. The summed E-state index contributed by atoms with van der Waals surface area (Å²) in [6.07, 6.45) is 2.08. The molecule has 1 heterocycles. The van der Waals surface area contributed by atoms with Gasteiger partial charge in [0.05, 0.1) is 5.69 Å². The largest absolute Gasteiger partial charge is 0.368 e. The molecule has 2 N–H and O–H groups in total. The van der Waals surface area contributed by atoms with Gasteiger partial charge in [0, 0.05) is 19.6 Å². The Bertz CT molecular complexity index is 363. The molecule has 1 aromatic rings.